The van der Waals surface area contributed by atoms with Crippen molar-refractivity contribution in [1.82, 2.24) is 10.1 Å². The van der Waals surface area contributed by atoms with Gasteiger partial charge in [-0.05, 0) is 17.7 Å². The molecule has 2 amide bonds. The van der Waals surface area contributed by atoms with E-state index < -0.39 is 11.7 Å². The quantitative estimate of drug-likeness (QED) is 0.903. The molecule has 0 radical (unpaired) electrons. The molecular formula is C18H18FN3O4. The van der Waals surface area contributed by atoms with E-state index in [-0.39, 0.29) is 24.2 Å². The number of likely N-dealkylation sites (tertiary alicyclic amines) is 1. The predicted molar refractivity (Wildman–Crippen MR) is 88.9 cm³/mol. The number of rotatable bonds is 4. The van der Waals surface area contributed by atoms with Crippen LogP contribution in [0.5, 0.6) is 0 Å². The van der Waals surface area contributed by atoms with E-state index in [0.29, 0.717) is 36.7 Å². The minimum absolute atomic E-state index is 0.0700. The Hall–Kier alpha value is -2.74. The molecule has 1 aromatic carbocycles. The fraction of sp³-hybridized carbons (Fsp3) is 0.389. The summed E-state index contributed by atoms with van der Waals surface area (Å²) in [5.41, 5.74) is 1.82. The third-order valence-corrected chi connectivity index (χ3v) is 4.83. The number of nitrogens with zero attached hydrogens (tertiary/aromatic N) is 2. The van der Waals surface area contributed by atoms with Crippen molar-refractivity contribution in [3.63, 3.8) is 0 Å². The SMILES string of the molecule is COCc1cc(C2CN(C(=O)C3CC(=O)Nc4cc(F)ccc43)C2)no1. The van der Waals surface area contributed by atoms with Gasteiger partial charge in [-0.1, -0.05) is 11.2 Å². The minimum atomic E-state index is -0.582. The molecule has 0 aliphatic carbocycles. The van der Waals surface area contributed by atoms with Crippen molar-refractivity contribution in [2.75, 3.05) is 25.5 Å². The maximum atomic E-state index is 13.4. The molecule has 1 saturated heterocycles. The maximum Gasteiger partial charge on any atom is 0.230 e. The molecule has 1 fully saturated rings. The number of aromatic nitrogens is 1. The van der Waals surface area contributed by atoms with Crippen molar-refractivity contribution in [3.05, 3.63) is 47.1 Å². The van der Waals surface area contributed by atoms with E-state index >= 15 is 0 Å². The van der Waals surface area contributed by atoms with Crippen LogP contribution in [0.1, 0.15) is 35.3 Å². The zero-order chi connectivity index (χ0) is 18.3. The lowest BCUT2D eigenvalue weighted by atomic mass is 9.86. The summed E-state index contributed by atoms with van der Waals surface area (Å²) < 4.78 is 23.6. The van der Waals surface area contributed by atoms with Gasteiger partial charge in [0.1, 0.15) is 12.4 Å². The molecule has 1 atom stereocenters. The molecular weight excluding hydrogens is 341 g/mol. The molecule has 2 aliphatic heterocycles. The number of halogens is 1. The summed E-state index contributed by atoms with van der Waals surface area (Å²) in [6, 6.07) is 5.96. The number of amides is 2. The van der Waals surface area contributed by atoms with E-state index in [0.717, 1.165) is 5.69 Å². The second-order valence-electron chi connectivity index (χ2n) is 6.63. The van der Waals surface area contributed by atoms with Gasteiger partial charge in [0.25, 0.3) is 0 Å². The fourth-order valence-electron chi connectivity index (χ4n) is 3.46. The summed E-state index contributed by atoms with van der Waals surface area (Å²) in [5, 5.41) is 6.65. The van der Waals surface area contributed by atoms with Crippen molar-refractivity contribution in [2.45, 2.75) is 24.9 Å². The molecule has 0 bridgehead atoms. The van der Waals surface area contributed by atoms with Crippen LogP contribution in [0.2, 0.25) is 0 Å². The Morgan fingerprint density at radius 1 is 1.42 bits per heavy atom. The molecule has 136 valence electrons. The number of benzene rings is 1. The molecule has 1 N–H and O–H groups in total. The number of carbonyl (C=O) groups excluding carboxylic acids is 2. The highest BCUT2D eigenvalue weighted by atomic mass is 19.1. The molecule has 4 rings (SSSR count). The summed E-state index contributed by atoms with van der Waals surface area (Å²) in [7, 11) is 1.58. The van der Waals surface area contributed by atoms with Crippen molar-refractivity contribution >= 4 is 17.5 Å². The monoisotopic (exact) mass is 359 g/mol. The summed E-state index contributed by atoms with van der Waals surface area (Å²) in [6.45, 7) is 1.39. The van der Waals surface area contributed by atoms with Crippen LogP contribution >= 0.6 is 0 Å². The van der Waals surface area contributed by atoms with Crippen molar-refractivity contribution in [1.29, 1.82) is 0 Å². The van der Waals surface area contributed by atoms with E-state index in [4.69, 9.17) is 9.26 Å². The number of hydrogen-bond donors (Lipinski definition) is 1. The van der Waals surface area contributed by atoms with Gasteiger partial charge in [-0.3, -0.25) is 9.59 Å². The van der Waals surface area contributed by atoms with Gasteiger partial charge in [-0.25, -0.2) is 4.39 Å². The van der Waals surface area contributed by atoms with Gasteiger partial charge in [0.2, 0.25) is 11.8 Å². The lowest BCUT2D eigenvalue weighted by Gasteiger charge is -2.41. The number of hydrogen-bond acceptors (Lipinski definition) is 5. The summed E-state index contributed by atoms with van der Waals surface area (Å²) in [6.07, 6.45) is 0.0700. The van der Waals surface area contributed by atoms with E-state index in [9.17, 15) is 14.0 Å². The van der Waals surface area contributed by atoms with Crippen molar-refractivity contribution < 1.29 is 23.2 Å². The van der Waals surface area contributed by atoms with Gasteiger partial charge in [-0.15, -0.1) is 0 Å². The lowest BCUT2D eigenvalue weighted by Crippen LogP contribution is -2.51. The Morgan fingerprint density at radius 2 is 2.23 bits per heavy atom. The second-order valence-corrected chi connectivity index (χ2v) is 6.63. The number of nitrogens with one attached hydrogen (secondary N) is 1. The van der Waals surface area contributed by atoms with Crippen LogP contribution in [0.3, 0.4) is 0 Å². The highest BCUT2D eigenvalue weighted by Gasteiger charge is 2.40. The summed E-state index contributed by atoms with van der Waals surface area (Å²) in [5.74, 6) is -0.671. The molecule has 26 heavy (non-hydrogen) atoms. The van der Waals surface area contributed by atoms with Gasteiger partial charge >= 0.3 is 0 Å². The van der Waals surface area contributed by atoms with E-state index in [1.165, 1.54) is 12.1 Å². The molecule has 2 aromatic rings. The first-order valence-corrected chi connectivity index (χ1v) is 8.37. The standard InChI is InChI=1S/C18H18FN3O4/c1-25-9-12-5-15(21-26-12)10-7-22(8-10)18(24)14-6-17(23)20-16-4-11(19)2-3-13(14)16/h2-5,10,14H,6-9H2,1H3,(H,20,23). The van der Waals surface area contributed by atoms with Crippen molar-refractivity contribution in [3.8, 4) is 0 Å². The Bertz CT molecular complexity index is 860. The molecule has 0 saturated carbocycles. The van der Waals surface area contributed by atoms with E-state index in [1.807, 2.05) is 6.07 Å². The maximum absolute atomic E-state index is 13.4. The average molecular weight is 359 g/mol. The van der Waals surface area contributed by atoms with Gasteiger partial charge < -0.3 is 19.5 Å². The molecule has 8 heteroatoms. The zero-order valence-electron chi connectivity index (χ0n) is 14.2. The summed E-state index contributed by atoms with van der Waals surface area (Å²) >= 11 is 0. The normalized spacial score (nSPS) is 19.7. The topological polar surface area (TPSA) is 84.7 Å². The smallest absolute Gasteiger partial charge is 0.230 e. The van der Waals surface area contributed by atoms with Crippen molar-refractivity contribution in [2.24, 2.45) is 0 Å². The number of carbonyl (C=O) groups is 2. The van der Waals surface area contributed by atoms with Crippen LogP contribution in [0.15, 0.2) is 28.8 Å². The van der Waals surface area contributed by atoms with E-state index in [2.05, 4.69) is 10.5 Å². The van der Waals surface area contributed by atoms with Crippen LogP contribution < -0.4 is 5.32 Å². The number of anilines is 1. The van der Waals surface area contributed by atoms with Crippen LogP contribution in [0, 0.1) is 5.82 Å². The van der Waals surface area contributed by atoms with Gasteiger partial charge in [0.15, 0.2) is 5.76 Å². The molecule has 7 nitrogen and oxygen atoms in total. The van der Waals surface area contributed by atoms with Gasteiger partial charge in [0.05, 0.1) is 11.6 Å². The first-order chi connectivity index (χ1) is 12.5. The van der Waals surface area contributed by atoms with Crippen LogP contribution in [0.25, 0.3) is 0 Å². The molecule has 1 unspecified atom stereocenters. The highest BCUT2D eigenvalue weighted by Crippen LogP contribution is 2.37. The first-order valence-electron chi connectivity index (χ1n) is 8.37. The van der Waals surface area contributed by atoms with Crippen LogP contribution in [-0.2, 0) is 20.9 Å². The Morgan fingerprint density at radius 3 is 3.00 bits per heavy atom. The molecule has 0 spiro atoms. The third kappa shape index (κ3) is 2.96. The largest absolute Gasteiger partial charge is 0.377 e. The highest BCUT2D eigenvalue weighted by molar-refractivity contribution is 6.01. The van der Waals surface area contributed by atoms with E-state index in [1.54, 1.807) is 18.1 Å². The molecule has 3 heterocycles. The number of ether oxygens (including phenoxy) is 1. The average Bonchev–Trinajstić information content (AvgIpc) is 3.00. The Kier molecular flexibility index (Phi) is 4.20. The summed E-state index contributed by atoms with van der Waals surface area (Å²) in [4.78, 5) is 26.4. The Balaban J connectivity index is 1.45. The number of fused-ring (bicyclic) bond motifs is 1. The predicted octanol–water partition coefficient (Wildman–Crippen LogP) is 2.01. The molecule has 2 aliphatic rings. The number of methoxy groups -OCH3 is 1. The fourth-order valence-corrected chi connectivity index (χ4v) is 3.46. The van der Waals surface area contributed by atoms with Crippen LogP contribution in [-0.4, -0.2) is 42.1 Å². The molecule has 1 aromatic heterocycles. The van der Waals surface area contributed by atoms with Gasteiger partial charge in [0, 0.05) is 44.3 Å². The lowest BCUT2D eigenvalue weighted by molar-refractivity contribution is -0.139. The Labute approximate surface area is 149 Å². The minimum Gasteiger partial charge on any atom is -0.377 e. The van der Waals surface area contributed by atoms with Gasteiger partial charge in [-0.2, -0.15) is 0 Å². The first kappa shape index (κ1) is 16.7. The van der Waals surface area contributed by atoms with Crippen LogP contribution in [0.4, 0.5) is 10.1 Å². The zero-order valence-corrected chi connectivity index (χ0v) is 14.2. The second kappa shape index (κ2) is 6.53. The third-order valence-electron chi connectivity index (χ3n) is 4.83.